The number of carbonyl (C=O) groups is 1. The van der Waals surface area contributed by atoms with Crippen molar-refractivity contribution in [1.29, 1.82) is 0 Å². The number of anilines is 3. The fraction of sp³-hybridized carbons (Fsp3) is 0.353. The zero-order chi connectivity index (χ0) is 16.2. The van der Waals surface area contributed by atoms with Gasteiger partial charge in [-0.3, -0.25) is 4.90 Å². The fourth-order valence-corrected chi connectivity index (χ4v) is 3.00. The molecule has 2 amide bonds. The minimum Gasteiger partial charge on any atom is -0.384 e. The normalized spacial score (nSPS) is 14.7. The SMILES string of the molecule is Cc1ccccc1NC(=O)N(c1cc(N)ncn1)C1CCCC1. The lowest BCUT2D eigenvalue weighted by Crippen LogP contribution is -2.42. The molecule has 0 spiro atoms. The summed E-state index contributed by atoms with van der Waals surface area (Å²) < 4.78 is 0. The van der Waals surface area contributed by atoms with E-state index in [1.54, 1.807) is 11.0 Å². The number of nitrogens with zero attached hydrogens (tertiary/aromatic N) is 3. The maximum Gasteiger partial charge on any atom is 0.327 e. The topological polar surface area (TPSA) is 84.1 Å². The van der Waals surface area contributed by atoms with E-state index in [9.17, 15) is 4.79 Å². The van der Waals surface area contributed by atoms with Crippen molar-refractivity contribution < 1.29 is 4.79 Å². The van der Waals surface area contributed by atoms with Crippen LogP contribution in [0.2, 0.25) is 0 Å². The first-order chi connectivity index (χ1) is 11.1. The Morgan fingerprint density at radius 2 is 2.00 bits per heavy atom. The Labute approximate surface area is 135 Å². The number of benzene rings is 1. The number of nitrogens with one attached hydrogen (secondary N) is 1. The van der Waals surface area contributed by atoms with Crippen LogP contribution >= 0.6 is 0 Å². The molecular weight excluding hydrogens is 290 g/mol. The summed E-state index contributed by atoms with van der Waals surface area (Å²) >= 11 is 0. The number of rotatable bonds is 3. The highest BCUT2D eigenvalue weighted by atomic mass is 16.2. The molecule has 6 heteroatoms. The van der Waals surface area contributed by atoms with Crippen molar-refractivity contribution in [3.63, 3.8) is 0 Å². The lowest BCUT2D eigenvalue weighted by Gasteiger charge is -2.28. The molecule has 1 aliphatic rings. The summed E-state index contributed by atoms with van der Waals surface area (Å²) in [5, 5.41) is 2.99. The third-order valence-electron chi connectivity index (χ3n) is 4.22. The second kappa shape index (κ2) is 6.64. The van der Waals surface area contributed by atoms with Crippen molar-refractivity contribution in [1.82, 2.24) is 9.97 Å². The van der Waals surface area contributed by atoms with Crippen LogP contribution in [0.15, 0.2) is 36.7 Å². The Morgan fingerprint density at radius 3 is 2.70 bits per heavy atom. The molecule has 0 bridgehead atoms. The molecular formula is C17H21N5O. The molecule has 0 aliphatic heterocycles. The number of aromatic nitrogens is 2. The maximum absolute atomic E-state index is 12.9. The molecule has 3 rings (SSSR count). The molecule has 23 heavy (non-hydrogen) atoms. The van der Waals surface area contributed by atoms with E-state index in [0.717, 1.165) is 36.9 Å². The van der Waals surface area contributed by atoms with Crippen LogP contribution in [0.4, 0.5) is 22.1 Å². The smallest absolute Gasteiger partial charge is 0.327 e. The third-order valence-corrected chi connectivity index (χ3v) is 4.22. The second-order valence-electron chi connectivity index (χ2n) is 5.85. The van der Waals surface area contributed by atoms with E-state index in [1.165, 1.54) is 6.33 Å². The van der Waals surface area contributed by atoms with Gasteiger partial charge in [0.05, 0.1) is 0 Å². The number of amides is 2. The average Bonchev–Trinajstić information content (AvgIpc) is 3.04. The number of nitrogen functional groups attached to an aromatic ring is 1. The van der Waals surface area contributed by atoms with Crippen molar-refractivity contribution in [2.45, 2.75) is 38.6 Å². The van der Waals surface area contributed by atoms with Gasteiger partial charge in [0.2, 0.25) is 0 Å². The highest BCUT2D eigenvalue weighted by molar-refractivity contribution is 6.02. The van der Waals surface area contributed by atoms with Crippen LogP contribution in [-0.4, -0.2) is 22.0 Å². The predicted molar refractivity (Wildman–Crippen MR) is 91.4 cm³/mol. The molecule has 1 fully saturated rings. The molecule has 3 N–H and O–H groups in total. The van der Waals surface area contributed by atoms with Crippen molar-refractivity contribution in [2.24, 2.45) is 0 Å². The zero-order valence-corrected chi connectivity index (χ0v) is 13.2. The highest BCUT2D eigenvalue weighted by Gasteiger charge is 2.29. The third kappa shape index (κ3) is 3.41. The monoisotopic (exact) mass is 311 g/mol. The van der Waals surface area contributed by atoms with Gasteiger partial charge in [0.1, 0.15) is 18.0 Å². The summed E-state index contributed by atoms with van der Waals surface area (Å²) in [6, 6.07) is 9.34. The molecule has 2 aromatic rings. The summed E-state index contributed by atoms with van der Waals surface area (Å²) in [4.78, 5) is 22.8. The van der Waals surface area contributed by atoms with Gasteiger partial charge in [0.15, 0.2) is 0 Å². The minimum absolute atomic E-state index is 0.147. The molecule has 120 valence electrons. The molecule has 1 saturated carbocycles. The van der Waals surface area contributed by atoms with Gasteiger partial charge in [0.25, 0.3) is 0 Å². The van der Waals surface area contributed by atoms with Crippen LogP contribution in [0.25, 0.3) is 0 Å². The van der Waals surface area contributed by atoms with Gasteiger partial charge in [-0.05, 0) is 31.4 Å². The van der Waals surface area contributed by atoms with Crippen molar-refractivity contribution in [3.8, 4) is 0 Å². The maximum atomic E-state index is 12.9. The standard InChI is InChI=1S/C17H21N5O/c1-12-6-2-5-9-14(12)21-17(23)22(13-7-3-4-8-13)16-10-15(18)19-11-20-16/h2,5-6,9-11,13H,3-4,7-8H2,1H3,(H,21,23)(H2,18,19,20). The molecule has 6 nitrogen and oxygen atoms in total. The number of nitrogens with two attached hydrogens (primary N) is 1. The summed E-state index contributed by atoms with van der Waals surface area (Å²) in [6.45, 7) is 1.97. The van der Waals surface area contributed by atoms with Crippen LogP contribution in [0.1, 0.15) is 31.2 Å². The van der Waals surface area contributed by atoms with Gasteiger partial charge >= 0.3 is 6.03 Å². The summed E-state index contributed by atoms with van der Waals surface area (Å²) in [7, 11) is 0. The molecule has 1 aromatic carbocycles. The van der Waals surface area contributed by atoms with E-state index in [0.29, 0.717) is 11.6 Å². The van der Waals surface area contributed by atoms with E-state index in [-0.39, 0.29) is 12.1 Å². The lowest BCUT2D eigenvalue weighted by atomic mass is 10.2. The van der Waals surface area contributed by atoms with Gasteiger partial charge in [-0.15, -0.1) is 0 Å². The number of carbonyl (C=O) groups excluding carboxylic acids is 1. The van der Waals surface area contributed by atoms with E-state index >= 15 is 0 Å². The minimum atomic E-state index is -0.177. The lowest BCUT2D eigenvalue weighted by molar-refractivity contribution is 0.254. The first-order valence-corrected chi connectivity index (χ1v) is 7.88. The molecule has 0 unspecified atom stereocenters. The number of hydrogen-bond acceptors (Lipinski definition) is 4. The van der Waals surface area contributed by atoms with Gasteiger partial charge in [0, 0.05) is 17.8 Å². The van der Waals surface area contributed by atoms with Crippen LogP contribution in [-0.2, 0) is 0 Å². The Morgan fingerprint density at radius 1 is 1.26 bits per heavy atom. The van der Waals surface area contributed by atoms with Crippen LogP contribution < -0.4 is 16.0 Å². The highest BCUT2D eigenvalue weighted by Crippen LogP contribution is 2.28. The van der Waals surface area contributed by atoms with Crippen LogP contribution in [0.5, 0.6) is 0 Å². The Balaban J connectivity index is 1.88. The van der Waals surface area contributed by atoms with E-state index in [1.807, 2.05) is 31.2 Å². The summed E-state index contributed by atoms with van der Waals surface area (Å²) in [6.07, 6.45) is 5.60. The number of hydrogen-bond donors (Lipinski definition) is 2. The first kappa shape index (κ1) is 15.3. The Hall–Kier alpha value is -2.63. The van der Waals surface area contributed by atoms with Crippen molar-refractivity contribution in [2.75, 3.05) is 16.0 Å². The predicted octanol–water partition coefficient (Wildman–Crippen LogP) is 3.35. The number of urea groups is 1. The van der Waals surface area contributed by atoms with Gasteiger partial charge in [-0.1, -0.05) is 31.0 Å². The van der Waals surface area contributed by atoms with Gasteiger partial charge < -0.3 is 11.1 Å². The van der Waals surface area contributed by atoms with Crippen LogP contribution in [0, 0.1) is 6.92 Å². The van der Waals surface area contributed by atoms with Crippen molar-refractivity contribution in [3.05, 3.63) is 42.2 Å². The second-order valence-corrected chi connectivity index (χ2v) is 5.85. The zero-order valence-electron chi connectivity index (χ0n) is 13.2. The quantitative estimate of drug-likeness (QED) is 0.910. The molecule has 0 radical (unpaired) electrons. The average molecular weight is 311 g/mol. The van der Waals surface area contributed by atoms with Crippen molar-refractivity contribution >= 4 is 23.4 Å². The molecule has 1 aromatic heterocycles. The fourth-order valence-electron chi connectivity index (χ4n) is 3.00. The Kier molecular flexibility index (Phi) is 4.41. The Bertz CT molecular complexity index is 697. The molecule has 0 saturated heterocycles. The van der Waals surface area contributed by atoms with E-state index < -0.39 is 0 Å². The van der Waals surface area contributed by atoms with E-state index in [4.69, 9.17) is 5.73 Å². The van der Waals surface area contributed by atoms with Gasteiger partial charge in [-0.2, -0.15) is 0 Å². The number of para-hydroxylation sites is 1. The summed E-state index contributed by atoms with van der Waals surface area (Å²) in [5.41, 5.74) is 7.59. The number of aryl methyl sites for hydroxylation is 1. The van der Waals surface area contributed by atoms with Gasteiger partial charge in [-0.25, -0.2) is 14.8 Å². The first-order valence-electron chi connectivity index (χ1n) is 7.88. The summed E-state index contributed by atoms with van der Waals surface area (Å²) in [5.74, 6) is 0.914. The molecule has 1 aliphatic carbocycles. The van der Waals surface area contributed by atoms with E-state index in [2.05, 4.69) is 15.3 Å². The molecule has 1 heterocycles. The largest absolute Gasteiger partial charge is 0.384 e. The van der Waals surface area contributed by atoms with Crippen LogP contribution in [0.3, 0.4) is 0 Å². The molecule has 0 atom stereocenters.